The molecule has 0 bridgehead atoms. The van der Waals surface area contributed by atoms with E-state index in [1.807, 2.05) is 18.2 Å². The molecule has 178 valence electrons. The van der Waals surface area contributed by atoms with Crippen molar-refractivity contribution in [2.45, 2.75) is 25.9 Å². The average Bonchev–Trinajstić information content (AvgIpc) is 2.86. The standard InChI is InChI=1S/C26H35N3O4/c1-32-23-16-21(17-24(33-2)25(23)30)19-27-10-8-22(9-11-27)26(31)29-14-12-28(13-15-29)18-20-6-4-3-5-7-20/h3-7,16-17,22,30H,8-15,18-19H2,1-2H3. The van der Waals surface area contributed by atoms with E-state index < -0.39 is 0 Å². The second-order valence-electron chi connectivity index (χ2n) is 8.99. The van der Waals surface area contributed by atoms with E-state index in [4.69, 9.17) is 9.47 Å². The van der Waals surface area contributed by atoms with Crippen LogP contribution in [0.5, 0.6) is 17.2 Å². The maximum atomic E-state index is 13.1. The van der Waals surface area contributed by atoms with Gasteiger partial charge in [-0.2, -0.15) is 0 Å². The number of phenolic OH excluding ortho intramolecular Hbond substituents is 1. The van der Waals surface area contributed by atoms with Crippen LogP contribution in [0.1, 0.15) is 24.0 Å². The molecule has 0 saturated carbocycles. The molecule has 2 aromatic rings. The highest BCUT2D eigenvalue weighted by Crippen LogP contribution is 2.37. The predicted octanol–water partition coefficient (Wildman–Crippen LogP) is 2.97. The van der Waals surface area contributed by atoms with Crippen LogP contribution < -0.4 is 9.47 Å². The number of ether oxygens (including phenoxy) is 2. The van der Waals surface area contributed by atoms with E-state index in [1.54, 1.807) is 0 Å². The predicted molar refractivity (Wildman–Crippen MR) is 128 cm³/mol. The first-order chi connectivity index (χ1) is 16.1. The van der Waals surface area contributed by atoms with Crippen molar-refractivity contribution in [1.29, 1.82) is 0 Å². The molecular formula is C26H35N3O4. The number of benzene rings is 2. The van der Waals surface area contributed by atoms with E-state index >= 15 is 0 Å². The Kier molecular flexibility index (Phi) is 7.73. The molecule has 1 amide bonds. The highest BCUT2D eigenvalue weighted by Gasteiger charge is 2.30. The van der Waals surface area contributed by atoms with Crippen LogP contribution in [-0.4, -0.2) is 79.2 Å². The molecule has 0 unspecified atom stereocenters. The van der Waals surface area contributed by atoms with Crippen molar-refractivity contribution >= 4 is 5.91 Å². The van der Waals surface area contributed by atoms with Gasteiger partial charge < -0.3 is 19.5 Å². The Labute approximate surface area is 196 Å². The fourth-order valence-electron chi connectivity index (χ4n) is 4.86. The molecule has 0 aromatic heterocycles. The topological polar surface area (TPSA) is 65.5 Å². The molecule has 4 rings (SSSR count). The molecule has 7 heteroatoms. The number of carbonyl (C=O) groups excluding carboxylic acids is 1. The van der Waals surface area contributed by atoms with Gasteiger partial charge in [0, 0.05) is 45.2 Å². The molecule has 2 aliphatic rings. The Morgan fingerprint density at radius 3 is 1.97 bits per heavy atom. The summed E-state index contributed by atoms with van der Waals surface area (Å²) in [4.78, 5) is 20.0. The monoisotopic (exact) mass is 453 g/mol. The van der Waals surface area contributed by atoms with Crippen LogP contribution in [0.25, 0.3) is 0 Å². The lowest BCUT2D eigenvalue weighted by atomic mass is 9.94. The normalized spacial score (nSPS) is 18.3. The smallest absolute Gasteiger partial charge is 0.225 e. The SMILES string of the molecule is COc1cc(CN2CCC(C(=O)N3CCN(Cc4ccccc4)CC3)CC2)cc(OC)c1O. The van der Waals surface area contributed by atoms with E-state index in [0.29, 0.717) is 17.4 Å². The zero-order valence-corrected chi connectivity index (χ0v) is 19.7. The Hall–Kier alpha value is -2.77. The third-order valence-electron chi connectivity index (χ3n) is 6.82. The number of piperidine rings is 1. The van der Waals surface area contributed by atoms with Gasteiger partial charge in [0.15, 0.2) is 11.5 Å². The second-order valence-corrected chi connectivity index (χ2v) is 8.99. The number of hydrogen-bond donors (Lipinski definition) is 1. The van der Waals surface area contributed by atoms with E-state index in [0.717, 1.165) is 70.8 Å². The molecule has 2 fully saturated rings. The summed E-state index contributed by atoms with van der Waals surface area (Å²) in [5.74, 6) is 1.30. The molecule has 2 heterocycles. The van der Waals surface area contributed by atoms with Crippen molar-refractivity contribution < 1.29 is 19.4 Å². The number of piperazine rings is 1. The van der Waals surface area contributed by atoms with Crippen LogP contribution in [0.4, 0.5) is 0 Å². The maximum Gasteiger partial charge on any atom is 0.225 e. The molecule has 2 saturated heterocycles. The molecule has 7 nitrogen and oxygen atoms in total. The van der Waals surface area contributed by atoms with Crippen LogP contribution in [0, 0.1) is 5.92 Å². The molecule has 0 atom stereocenters. The van der Waals surface area contributed by atoms with Gasteiger partial charge >= 0.3 is 0 Å². The van der Waals surface area contributed by atoms with Crippen LogP contribution in [0.3, 0.4) is 0 Å². The lowest BCUT2D eigenvalue weighted by molar-refractivity contribution is -0.139. The van der Waals surface area contributed by atoms with Crippen molar-refractivity contribution in [1.82, 2.24) is 14.7 Å². The first kappa shape index (κ1) is 23.4. The number of likely N-dealkylation sites (tertiary alicyclic amines) is 1. The van der Waals surface area contributed by atoms with Crippen molar-refractivity contribution in [3.8, 4) is 17.2 Å². The quantitative estimate of drug-likeness (QED) is 0.696. The lowest BCUT2D eigenvalue weighted by Crippen LogP contribution is -2.51. The number of phenols is 1. The summed E-state index contributed by atoms with van der Waals surface area (Å²) in [6.45, 7) is 6.97. The molecular weight excluding hydrogens is 418 g/mol. The van der Waals surface area contributed by atoms with Gasteiger partial charge in [-0.25, -0.2) is 0 Å². The van der Waals surface area contributed by atoms with Crippen molar-refractivity contribution in [2.24, 2.45) is 5.92 Å². The van der Waals surface area contributed by atoms with Crippen LogP contribution in [0.15, 0.2) is 42.5 Å². The van der Waals surface area contributed by atoms with Gasteiger partial charge in [-0.3, -0.25) is 14.6 Å². The second kappa shape index (κ2) is 10.9. The van der Waals surface area contributed by atoms with Gasteiger partial charge in [0.1, 0.15) is 0 Å². The molecule has 33 heavy (non-hydrogen) atoms. The molecule has 2 aliphatic heterocycles. The number of rotatable bonds is 7. The van der Waals surface area contributed by atoms with E-state index in [2.05, 4.69) is 39.0 Å². The van der Waals surface area contributed by atoms with Gasteiger partial charge in [-0.05, 0) is 49.2 Å². The summed E-state index contributed by atoms with van der Waals surface area (Å²) in [6.07, 6.45) is 1.77. The fraction of sp³-hybridized carbons (Fsp3) is 0.500. The van der Waals surface area contributed by atoms with E-state index in [-0.39, 0.29) is 11.7 Å². The number of aromatic hydroxyl groups is 1. The first-order valence-electron chi connectivity index (χ1n) is 11.8. The van der Waals surface area contributed by atoms with Gasteiger partial charge in [0.05, 0.1) is 14.2 Å². The summed E-state index contributed by atoms with van der Waals surface area (Å²) >= 11 is 0. The average molecular weight is 454 g/mol. The third-order valence-corrected chi connectivity index (χ3v) is 6.82. The van der Waals surface area contributed by atoms with Gasteiger partial charge in [0.25, 0.3) is 0 Å². The van der Waals surface area contributed by atoms with Crippen molar-refractivity contribution in [3.63, 3.8) is 0 Å². The third kappa shape index (κ3) is 5.78. The summed E-state index contributed by atoms with van der Waals surface area (Å²) in [7, 11) is 3.08. The molecule has 0 aliphatic carbocycles. The summed E-state index contributed by atoms with van der Waals surface area (Å²) in [6, 6.07) is 14.2. The molecule has 0 radical (unpaired) electrons. The minimum Gasteiger partial charge on any atom is -0.502 e. The number of amides is 1. The minimum absolute atomic E-state index is 0.0249. The minimum atomic E-state index is 0.0249. The molecule has 0 spiro atoms. The Bertz CT molecular complexity index is 895. The number of carbonyl (C=O) groups is 1. The van der Waals surface area contributed by atoms with Crippen LogP contribution >= 0.6 is 0 Å². The highest BCUT2D eigenvalue weighted by molar-refractivity contribution is 5.79. The Morgan fingerprint density at radius 1 is 0.848 bits per heavy atom. The van der Waals surface area contributed by atoms with Crippen molar-refractivity contribution in [3.05, 3.63) is 53.6 Å². The highest BCUT2D eigenvalue weighted by atomic mass is 16.5. The number of nitrogens with zero attached hydrogens (tertiary/aromatic N) is 3. The molecule has 1 N–H and O–H groups in total. The summed E-state index contributed by atoms with van der Waals surface area (Å²) in [5.41, 5.74) is 2.36. The fourth-order valence-corrected chi connectivity index (χ4v) is 4.86. The molecule has 2 aromatic carbocycles. The van der Waals surface area contributed by atoms with Crippen LogP contribution in [-0.2, 0) is 17.9 Å². The Balaban J connectivity index is 1.24. The Morgan fingerprint density at radius 2 is 1.39 bits per heavy atom. The van der Waals surface area contributed by atoms with Gasteiger partial charge in [-0.1, -0.05) is 30.3 Å². The summed E-state index contributed by atoms with van der Waals surface area (Å²) < 4.78 is 10.5. The van der Waals surface area contributed by atoms with Gasteiger partial charge in [-0.15, -0.1) is 0 Å². The van der Waals surface area contributed by atoms with Gasteiger partial charge in [0.2, 0.25) is 11.7 Å². The number of methoxy groups -OCH3 is 2. The maximum absolute atomic E-state index is 13.1. The largest absolute Gasteiger partial charge is 0.502 e. The van der Waals surface area contributed by atoms with E-state index in [9.17, 15) is 9.90 Å². The van der Waals surface area contributed by atoms with E-state index in [1.165, 1.54) is 19.8 Å². The van der Waals surface area contributed by atoms with Crippen molar-refractivity contribution in [2.75, 3.05) is 53.5 Å². The number of hydrogen-bond acceptors (Lipinski definition) is 6. The summed E-state index contributed by atoms with van der Waals surface area (Å²) in [5, 5.41) is 10.1. The lowest BCUT2D eigenvalue weighted by Gasteiger charge is -2.38. The first-order valence-corrected chi connectivity index (χ1v) is 11.8. The van der Waals surface area contributed by atoms with Crippen LogP contribution in [0.2, 0.25) is 0 Å². The zero-order valence-electron chi connectivity index (χ0n) is 19.7. The zero-order chi connectivity index (χ0) is 23.2.